The van der Waals surface area contributed by atoms with Crippen LogP contribution in [0.15, 0.2) is 18.5 Å². The van der Waals surface area contributed by atoms with E-state index < -0.39 is 10.0 Å². The normalized spacial score (nSPS) is 11.2. The molecule has 0 atom stereocenters. The van der Waals surface area contributed by atoms with E-state index in [0.717, 1.165) is 6.26 Å². The lowest BCUT2D eigenvalue weighted by molar-refractivity contribution is -0.116. The standard InChI is InChI=1S/C8H11N7O3S/c1-19(17,18)13-7-4-15(14-12-7)5-8(16)10-6-2-3-9-11-6/h2-4,13H,5H2,1H3,(H2,9,10,11,16). The topological polar surface area (TPSA) is 135 Å². The Kier molecular flexibility index (Phi) is 3.46. The zero-order chi connectivity index (χ0) is 13.9. The van der Waals surface area contributed by atoms with Gasteiger partial charge in [0.1, 0.15) is 12.4 Å². The zero-order valence-corrected chi connectivity index (χ0v) is 10.7. The van der Waals surface area contributed by atoms with Crippen molar-refractivity contribution in [3.05, 3.63) is 18.5 Å². The number of rotatable bonds is 5. The summed E-state index contributed by atoms with van der Waals surface area (Å²) in [6.07, 6.45) is 3.81. The molecule has 102 valence electrons. The van der Waals surface area contributed by atoms with Crippen LogP contribution in [0.4, 0.5) is 11.6 Å². The van der Waals surface area contributed by atoms with Gasteiger partial charge in [-0.15, -0.1) is 5.10 Å². The van der Waals surface area contributed by atoms with E-state index in [4.69, 9.17) is 0 Å². The first-order valence-electron chi connectivity index (χ1n) is 5.09. The van der Waals surface area contributed by atoms with Gasteiger partial charge in [0.2, 0.25) is 15.9 Å². The van der Waals surface area contributed by atoms with Crippen molar-refractivity contribution in [2.75, 3.05) is 16.3 Å². The van der Waals surface area contributed by atoms with Crippen molar-refractivity contribution >= 4 is 27.6 Å². The third kappa shape index (κ3) is 4.06. The molecule has 19 heavy (non-hydrogen) atoms. The average molecular weight is 285 g/mol. The molecule has 0 fully saturated rings. The average Bonchev–Trinajstić information content (AvgIpc) is 2.88. The molecule has 0 aliphatic rings. The molecule has 0 radical (unpaired) electrons. The van der Waals surface area contributed by atoms with Gasteiger partial charge in [0.15, 0.2) is 5.82 Å². The maximum atomic E-state index is 11.6. The Labute approximate surface area is 108 Å². The number of sulfonamides is 1. The first-order valence-corrected chi connectivity index (χ1v) is 6.99. The number of amides is 1. The minimum absolute atomic E-state index is 0.0526. The number of carbonyl (C=O) groups is 1. The SMILES string of the molecule is CS(=O)(=O)Nc1cn(CC(=O)Nc2ccn[nH]2)nn1. The van der Waals surface area contributed by atoms with Gasteiger partial charge in [-0.25, -0.2) is 13.1 Å². The van der Waals surface area contributed by atoms with Crippen LogP contribution >= 0.6 is 0 Å². The Balaban J connectivity index is 1.94. The summed E-state index contributed by atoms with van der Waals surface area (Å²) >= 11 is 0. The van der Waals surface area contributed by atoms with E-state index in [9.17, 15) is 13.2 Å². The molecule has 0 saturated carbocycles. The van der Waals surface area contributed by atoms with Crippen molar-refractivity contribution in [2.45, 2.75) is 6.54 Å². The maximum Gasteiger partial charge on any atom is 0.247 e. The summed E-state index contributed by atoms with van der Waals surface area (Å²) in [4.78, 5) is 11.6. The molecule has 2 heterocycles. The second-order valence-electron chi connectivity index (χ2n) is 3.69. The lowest BCUT2D eigenvalue weighted by atomic mass is 10.5. The van der Waals surface area contributed by atoms with Crippen LogP contribution in [0.5, 0.6) is 0 Å². The van der Waals surface area contributed by atoms with Crippen molar-refractivity contribution in [1.29, 1.82) is 0 Å². The molecule has 0 saturated heterocycles. The van der Waals surface area contributed by atoms with Gasteiger partial charge < -0.3 is 5.32 Å². The van der Waals surface area contributed by atoms with Crippen LogP contribution < -0.4 is 10.0 Å². The molecule has 0 aliphatic heterocycles. The quantitative estimate of drug-likeness (QED) is 0.645. The fourth-order valence-corrected chi connectivity index (χ4v) is 1.75. The highest BCUT2D eigenvalue weighted by Gasteiger charge is 2.09. The molecule has 0 bridgehead atoms. The van der Waals surface area contributed by atoms with E-state index >= 15 is 0 Å². The second kappa shape index (κ2) is 5.06. The first-order chi connectivity index (χ1) is 8.92. The molecule has 0 aliphatic carbocycles. The van der Waals surface area contributed by atoms with Gasteiger partial charge in [0.05, 0.1) is 18.6 Å². The highest BCUT2D eigenvalue weighted by Crippen LogP contribution is 2.03. The van der Waals surface area contributed by atoms with Gasteiger partial charge >= 0.3 is 0 Å². The molecule has 2 rings (SSSR count). The largest absolute Gasteiger partial charge is 0.309 e. The lowest BCUT2D eigenvalue weighted by Crippen LogP contribution is -2.19. The Morgan fingerprint density at radius 1 is 1.53 bits per heavy atom. The summed E-state index contributed by atoms with van der Waals surface area (Å²) in [6, 6.07) is 1.59. The van der Waals surface area contributed by atoms with E-state index in [2.05, 4.69) is 30.5 Å². The molecule has 11 heteroatoms. The Morgan fingerprint density at radius 2 is 2.32 bits per heavy atom. The van der Waals surface area contributed by atoms with Gasteiger partial charge in [-0.1, -0.05) is 5.21 Å². The van der Waals surface area contributed by atoms with Crippen LogP contribution in [-0.4, -0.2) is 45.8 Å². The van der Waals surface area contributed by atoms with Crippen LogP contribution in [-0.2, 0) is 21.4 Å². The van der Waals surface area contributed by atoms with E-state index in [0.29, 0.717) is 5.82 Å². The Hall–Kier alpha value is -2.43. The predicted octanol–water partition coefficient (Wildman–Crippen LogP) is -0.989. The highest BCUT2D eigenvalue weighted by molar-refractivity contribution is 7.92. The third-order valence-corrected chi connectivity index (χ3v) is 2.49. The lowest BCUT2D eigenvalue weighted by Gasteiger charge is -2.01. The minimum atomic E-state index is -3.41. The number of carbonyl (C=O) groups excluding carboxylic acids is 1. The van der Waals surface area contributed by atoms with E-state index in [-0.39, 0.29) is 18.3 Å². The first kappa shape index (κ1) is 13.0. The second-order valence-corrected chi connectivity index (χ2v) is 5.44. The monoisotopic (exact) mass is 285 g/mol. The van der Waals surface area contributed by atoms with Crippen molar-refractivity contribution in [2.24, 2.45) is 0 Å². The van der Waals surface area contributed by atoms with Crippen molar-refractivity contribution in [1.82, 2.24) is 25.2 Å². The van der Waals surface area contributed by atoms with Gasteiger partial charge in [0, 0.05) is 6.07 Å². The number of aromatic amines is 1. The molecular weight excluding hydrogens is 274 g/mol. The molecular formula is C8H11N7O3S. The predicted molar refractivity (Wildman–Crippen MR) is 65.7 cm³/mol. The fourth-order valence-electron chi connectivity index (χ4n) is 1.27. The summed E-state index contributed by atoms with van der Waals surface area (Å²) in [5, 5.41) is 16.0. The number of H-pyrrole nitrogens is 1. The van der Waals surface area contributed by atoms with Crippen LogP contribution in [0.1, 0.15) is 0 Å². The fraction of sp³-hybridized carbons (Fsp3) is 0.250. The molecule has 10 nitrogen and oxygen atoms in total. The molecule has 0 spiro atoms. The van der Waals surface area contributed by atoms with Crippen molar-refractivity contribution in [3.8, 4) is 0 Å². The van der Waals surface area contributed by atoms with Crippen LogP contribution in [0.25, 0.3) is 0 Å². The summed E-state index contributed by atoms with van der Waals surface area (Å²) in [6.45, 7) is -0.0997. The van der Waals surface area contributed by atoms with Crippen molar-refractivity contribution in [3.63, 3.8) is 0 Å². The molecule has 2 aromatic rings. The summed E-state index contributed by atoms with van der Waals surface area (Å²) in [5.74, 6) is 0.163. The number of hydrogen-bond acceptors (Lipinski definition) is 6. The number of nitrogens with zero attached hydrogens (tertiary/aromatic N) is 4. The van der Waals surface area contributed by atoms with E-state index in [1.165, 1.54) is 17.1 Å². The number of nitrogens with one attached hydrogen (secondary N) is 3. The summed E-state index contributed by atoms with van der Waals surface area (Å²) < 4.78 is 25.3. The van der Waals surface area contributed by atoms with Crippen LogP contribution in [0.2, 0.25) is 0 Å². The molecule has 0 aromatic carbocycles. The molecule has 2 aromatic heterocycles. The number of anilines is 2. The molecule has 3 N–H and O–H groups in total. The Bertz CT molecular complexity index is 660. The third-order valence-electron chi connectivity index (χ3n) is 1.91. The highest BCUT2D eigenvalue weighted by atomic mass is 32.2. The smallest absolute Gasteiger partial charge is 0.247 e. The summed E-state index contributed by atoms with van der Waals surface area (Å²) in [7, 11) is -3.41. The summed E-state index contributed by atoms with van der Waals surface area (Å²) in [5.41, 5.74) is 0. The number of hydrogen-bond donors (Lipinski definition) is 3. The van der Waals surface area contributed by atoms with E-state index in [1.807, 2.05) is 0 Å². The molecule has 1 amide bonds. The van der Waals surface area contributed by atoms with Gasteiger partial charge in [-0.3, -0.25) is 14.6 Å². The van der Waals surface area contributed by atoms with Gasteiger partial charge in [-0.2, -0.15) is 5.10 Å². The van der Waals surface area contributed by atoms with Crippen molar-refractivity contribution < 1.29 is 13.2 Å². The minimum Gasteiger partial charge on any atom is -0.309 e. The van der Waals surface area contributed by atoms with Crippen LogP contribution in [0.3, 0.4) is 0 Å². The Morgan fingerprint density at radius 3 is 2.95 bits per heavy atom. The zero-order valence-electron chi connectivity index (χ0n) is 9.86. The van der Waals surface area contributed by atoms with Gasteiger partial charge in [-0.05, 0) is 0 Å². The van der Waals surface area contributed by atoms with E-state index in [1.54, 1.807) is 6.07 Å². The maximum absolute atomic E-state index is 11.6. The van der Waals surface area contributed by atoms with Crippen LogP contribution in [0, 0.1) is 0 Å². The van der Waals surface area contributed by atoms with Gasteiger partial charge in [0.25, 0.3) is 0 Å². The molecule has 0 unspecified atom stereocenters. The number of aromatic nitrogens is 5.